The van der Waals surface area contributed by atoms with Gasteiger partial charge in [0.25, 0.3) is 0 Å². The fraction of sp³-hybridized carbons (Fsp3) is 0.800. The summed E-state index contributed by atoms with van der Waals surface area (Å²) >= 11 is 0. The maximum Gasteiger partial charge on any atom is 0.161 e. The van der Waals surface area contributed by atoms with Gasteiger partial charge in [-0.1, -0.05) is 19.9 Å². The third-order valence-electron chi connectivity index (χ3n) is 9.99. The zero-order valence-corrected chi connectivity index (χ0v) is 18.0. The van der Waals surface area contributed by atoms with Crippen molar-refractivity contribution in [2.75, 3.05) is 13.1 Å². The van der Waals surface area contributed by atoms with Gasteiger partial charge in [-0.2, -0.15) is 0 Å². The zero-order valence-electron chi connectivity index (χ0n) is 18.0. The molecule has 0 amide bonds. The summed E-state index contributed by atoms with van der Waals surface area (Å²) in [6, 6.07) is 0. The standard InChI is InChI=1S/C25H37NO2/c1-17(27)25(28)13-10-22-20-7-6-18-16-19(26-14-4-5-15-26)8-11-23(18,2)21(20)9-12-24(22,25)3/h6,16,20-22,28H,4-5,7-15H2,1-3H3/t20-,21+,22-,23+,24+,25+/m1/s1. The fourth-order valence-electron chi connectivity index (χ4n) is 8.16. The summed E-state index contributed by atoms with van der Waals surface area (Å²) in [6.07, 6.45) is 15.2. The lowest BCUT2D eigenvalue weighted by Gasteiger charge is -2.58. The van der Waals surface area contributed by atoms with E-state index in [2.05, 4.69) is 30.9 Å². The van der Waals surface area contributed by atoms with E-state index in [0.29, 0.717) is 24.2 Å². The van der Waals surface area contributed by atoms with Crippen molar-refractivity contribution in [3.63, 3.8) is 0 Å². The second kappa shape index (κ2) is 6.20. The van der Waals surface area contributed by atoms with Crippen molar-refractivity contribution >= 4 is 5.78 Å². The van der Waals surface area contributed by atoms with Gasteiger partial charge in [-0.15, -0.1) is 0 Å². The maximum atomic E-state index is 12.4. The van der Waals surface area contributed by atoms with Crippen LogP contribution in [-0.4, -0.2) is 34.5 Å². The van der Waals surface area contributed by atoms with E-state index in [0.717, 1.165) is 25.7 Å². The number of Topliss-reactive ketones (excluding diaryl/α,β-unsaturated/α-hetero) is 1. The van der Waals surface area contributed by atoms with Crippen LogP contribution in [0.5, 0.6) is 0 Å². The molecule has 5 rings (SSSR count). The molecule has 3 fully saturated rings. The molecule has 3 heteroatoms. The third-order valence-corrected chi connectivity index (χ3v) is 9.99. The Bertz CT molecular complexity index is 748. The molecule has 0 spiro atoms. The Labute approximate surface area is 170 Å². The third kappa shape index (κ3) is 2.35. The monoisotopic (exact) mass is 383 g/mol. The molecule has 2 saturated carbocycles. The van der Waals surface area contributed by atoms with Crippen molar-refractivity contribution in [3.8, 4) is 0 Å². The Morgan fingerprint density at radius 1 is 1.11 bits per heavy atom. The summed E-state index contributed by atoms with van der Waals surface area (Å²) in [5.74, 6) is 1.81. The lowest BCUT2D eigenvalue weighted by Crippen LogP contribution is -2.56. The Hall–Kier alpha value is -1.09. The van der Waals surface area contributed by atoms with Crippen molar-refractivity contribution in [1.29, 1.82) is 0 Å². The van der Waals surface area contributed by atoms with E-state index in [4.69, 9.17) is 0 Å². The van der Waals surface area contributed by atoms with Crippen molar-refractivity contribution in [2.24, 2.45) is 28.6 Å². The van der Waals surface area contributed by atoms with Gasteiger partial charge in [0.05, 0.1) is 0 Å². The van der Waals surface area contributed by atoms with Crippen LogP contribution in [0.4, 0.5) is 0 Å². The van der Waals surface area contributed by atoms with Gasteiger partial charge in [-0.3, -0.25) is 4.79 Å². The summed E-state index contributed by atoms with van der Waals surface area (Å²) in [5.41, 5.74) is 2.12. The molecule has 0 radical (unpaired) electrons. The minimum absolute atomic E-state index is 0.00921. The Morgan fingerprint density at radius 2 is 1.82 bits per heavy atom. The predicted molar refractivity (Wildman–Crippen MR) is 112 cm³/mol. The van der Waals surface area contributed by atoms with Crippen LogP contribution < -0.4 is 0 Å². The number of allylic oxidation sites excluding steroid dienone is 4. The first-order valence-corrected chi connectivity index (χ1v) is 11.7. The summed E-state index contributed by atoms with van der Waals surface area (Å²) in [7, 11) is 0. The highest BCUT2D eigenvalue weighted by atomic mass is 16.3. The highest BCUT2D eigenvalue weighted by Gasteiger charge is 2.65. The Morgan fingerprint density at radius 3 is 2.54 bits per heavy atom. The molecule has 4 aliphatic carbocycles. The molecule has 5 aliphatic rings. The molecule has 154 valence electrons. The molecule has 1 saturated heterocycles. The van der Waals surface area contributed by atoms with Crippen LogP contribution in [0.15, 0.2) is 23.4 Å². The first-order valence-electron chi connectivity index (χ1n) is 11.7. The molecule has 0 unspecified atom stereocenters. The van der Waals surface area contributed by atoms with Gasteiger partial charge in [-0.05, 0) is 99.5 Å². The second-order valence-corrected chi connectivity index (χ2v) is 10.9. The van der Waals surface area contributed by atoms with E-state index in [1.54, 1.807) is 18.2 Å². The Kier molecular flexibility index (Phi) is 4.19. The van der Waals surface area contributed by atoms with Gasteiger partial charge >= 0.3 is 0 Å². The molecule has 0 aromatic heterocycles. The number of carbonyl (C=O) groups is 1. The average molecular weight is 384 g/mol. The number of fused-ring (bicyclic) bond motifs is 5. The molecule has 1 heterocycles. The van der Waals surface area contributed by atoms with Gasteiger partial charge in [0.1, 0.15) is 5.60 Å². The van der Waals surface area contributed by atoms with Crippen LogP contribution in [0.3, 0.4) is 0 Å². The maximum absolute atomic E-state index is 12.4. The van der Waals surface area contributed by atoms with Crippen LogP contribution in [-0.2, 0) is 4.79 Å². The molecule has 1 aliphatic heterocycles. The number of aliphatic hydroxyl groups is 1. The van der Waals surface area contributed by atoms with E-state index in [1.165, 1.54) is 38.8 Å². The molecule has 6 atom stereocenters. The van der Waals surface area contributed by atoms with Gasteiger partial charge < -0.3 is 10.0 Å². The number of ketones is 1. The van der Waals surface area contributed by atoms with Gasteiger partial charge in [0, 0.05) is 24.2 Å². The average Bonchev–Trinajstić information content (AvgIpc) is 3.29. The summed E-state index contributed by atoms with van der Waals surface area (Å²) < 4.78 is 0. The van der Waals surface area contributed by atoms with Crippen molar-refractivity contribution in [2.45, 2.75) is 84.2 Å². The van der Waals surface area contributed by atoms with Crippen molar-refractivity contribution < 1.29 is 9.90 Å². The van der Waals surface area contributed by atoms with E-state index < -0.39 is 5.60 Å². The lowest BCUT2D eigenvalue weighted by molar-refractivity contribution is -0.158. The van der Waals surface area contributed by atoms with Gasteiger partial charge in [0.15, 0.2) is 5.78 Å². The van der Waals surface area contributed by atoms with Gasteiger partial charge in [-0.25, -0.2) is 0 Å². The smallest absolute Gasteiger partial charge is 0.161 e. The molecule has 3 nitrogen and oxygen atoms in total. The number of likely N-dealkylation sites (tertiary alicyclic amines) is 1. The van der Waals surface area contributed by atoms with Crippen LogP contribution in [0.1, 0.15) is 78.6 Å². The first-order chi connectivity index (χ1) is 13.3. The zero-order chi connectivity index (χ0) is 19.7. The fourth-order valence-corrected chi connectivity index (χ4v) is 8.16. The molecule has 1 N–H and O–H groups in total. The number of hydrogen-bond donors (Lipinski definition) is 1. The molecule has 0 aromatic rings. The van der Waals surface area contributed by atoms with Crippen LogP contribution >= 0.6 is 0 Å². The van der Waals surface area contributed by atoms with Gasteiger partial charge in [0.2, 0.25) is 0 Å². The predicted octanol–water partition coefficient (Wildman–Crippen LogP) is 4.86. The minimum Gasteiger partial charge on any atom is -0.382 e. The van der Waals surface area contributed by atoms with E-state index in [1.807, 2.05) is 0 Å². The van der Waals surface area contributed by atoms with Crippen molar-refractivity contribution in [1.82, 2.24) is 4.90 Å². The highest BCUT2D eigenvalue weighted by Crippen LogP contribution is 2.67. The summed E-state index contributed by atoms with van der Waals surface area (Å²) in [4.78, 5) is 15.0. The van der Waals surface area contributed by atoms with Crippen LogP contribution in [0.2, 0.25) is 0 Å². The lowest BCUT2D eigenvalue weighted by atomic mass is 9.47. The van der Waals surface area contributed by atoms with Crippen LogP contribution in [0.25, 0.3) is 0 Å². The Balaban J connectivity index is 1.46. The minimum atomic E-state index is -1.09. The number of hydrogen-bond acceptors (Lipinski definition) is 3. The number of nitrogens with zero attached hydrogens (tertiary/aromatic N) is 1. The molecular formula is C25H37NO2. The number of rotatable bonds is 2. The quantitative estimate of drug-likeness (QED) is 0.740. The molecular weight excluding hydrogens is 346 g/mol. The summed E-state index contributed by atoms with van der Waals surface area (Å²) in [5, 5.41) is 11.3. The highest BCUT2D eigenvalue weighted by molar-refractivity contribution is 5.86. The molecule has 0 bridgehead atoms. The second-order valence-electron chi connectivity index (χ2n) is 10.9. The molecule has 0 aromatic carbocycles. The topological polar surface area (TPSA) is 40.5 Å². The van der Waals surface area contributed by atoms with Crippen molar-refractivity contribution in [3.05, 3.63) is 23.4 Å². The first kappa shape index (κ1) is 18.9. The summed E-state index contributed by atoms with van der Waals surface area (Å²) in [6.45, 7) is 8.82. The van der Waals surface area contributed by atoms with Crippen LogP contribution in [0, 0.1) is 28.6 Å². The largest absolute Gasteiger partial charge is 0.382 e. The normalized spacial score (nSPS) is 47.7. The molecule has 28 heavy (non-hydrogen) atoms. The number of carbonyl (C=O) groups excluding carboxylic acids is 1. The SMILES string of the molecule is CC(=O)[C@@]1(O)CC[C@@H]2[C@@H]3CC=C4C=C(N5CCCC5)CC[C@]4(C)[C@H]3CC[C@@]21C. The van der Waals surface area contributed by atoms with E-state index >= 15 is 0 Å². The van der Waals surface area contributed by atoms with E-state index in [9.17, 15) is 9.90 Å². The van der Waals surface area contributed by atoms with E-state index in [-0.39, 0.29) is 16.6 Å².